The summed E-state index contributed by atoms with van der Waals surface area (Å²) in [5.74, 6) is 0. The number of anilines is 3. The predicted molar refractivity (Wildman–Crippen MR) is 241 cm³/mol. The number of rotatable bonds is 6. The minimum absolute atomic E-state index is 0.0874. The molecule has 1 aliphatic carbocycles. The van der Waals surface area contributed by atoms with Crippen LogP contribution in [-0.2, 0) is 5.41 Å². The summed E-state index contributed by atoms with van der Waals surface area (Å²) in [5.41, 5.74) is -19.8. The highest BCUT2D eigenvalue weighted by molar-refractivity contribution is 6.10. The molecule has 0 unspecified atom stereocenters. The highest BCUT2D eigenvalue weighted by Crippen LogP contribution is 2.51. The maximum atomic E-state index is 10.1. The third kappa shape index (κ3) is 5.40. The molecule has 0 bridgehead atoms. The number of hydrogen-bond acceptors (Lipinski definition) is 1. The van der Waals surface area contributed by atoms with E-state index in [0.717, 1.165) is 0 Å². The molecule has 0 fully saturated rings. The molecular weight excluding hydrogens is 689 g/mol. The van der Waals surface area contributed by atoms with Crippen LogP contribution in [0.1, 0.15) is 79.7 Å². The van der Waals surface area contributed by atoms with Gasteiger partial charge in [-0.2, -0.15) is 0 Å². The van der Waals surface area contributed by atoms with Gasteiger partial charge in [0, 0.05) is 47.2 Å². The summed E-state index contributed by atoms with van der Waals surface area (Å²) in [6, 6.07) is -40.5. The van der Waals surface area contributed by atoms with E-state index < -0.39 is 324 Å². The molecule has 2 nitrogen and oxygen atoms in total. The zero-order valence-electron chi connectivity index (χ0n) is 68.4. The van der Waals surface area contributed by atoms with E-state index in [2.05, 4.69) is 0 Å². The Morgan fingerprint density at radius 1 is 0.421 bits per heavy atom. The lowest BCUT2D eigenvalue weighted by atomic mass is 9.82. The van der Waals surface area contributed by atoms with E-state index in [4.69, 9.17) is 32.9 Å². The molecule has 0 spiro atoms. The molecule has 0 saturated heterocycles. The first-order chi connectivity index (χ1) is 44.7. The van der Waals surface area contributed by atoms with Crippen LogP contribution in [0.2, 0.25) is 0 Å². The topological polar surface area (TPSA) is 8.17 Å². The predicted octanol–water partition coefficient (Wildman–Crippen LogP) is 15.0. The Kier molecular flexibility index (Phi) is 2.71. The van der Waals surface area contributed by atoms with Gasteiger partial charge in [0.1, 0.15) is 0 Å². The molecule has 270 valence electrons. The fraction of sp³-hybridized carbons (Fsp3) is 0.0545. The van der Waals surface area contributed by atoms with Crippen LogP contribution in [0.25, 0.3) is 71.6 Å². The molecule has 10 aromatic rings. The third-order valence-electron chi connectivity index (χ3n) is 9.00. The Morgan fingerprint density at radius 2 is 1.07 bits per heavy atom. The average Bonchev–Trinajstić information content (AvgIpc) is 1.51. The number of aromatic nitrogens is 1. The highest BCUT2D eigenvalue weighted by Gasteiger charge is 2.35. The van der Waals surface area contributed by atoms with E-state index in [1.54, 1.807) is 0 Å². The lowest BCUT2D eigenvalue weighted by molar-refractivity contribution is 0.660. The summed E-state index contributed by atoms with van der Waals surface area (Å²) in [5, 5.41) is -2.86. The van der Waals surface area contributed by atoms with Crippen molar-refractivity contribution in [2.45, 2.75) is 19.1 Å². The fourth-order valence-corrected chi connectivity index (χ4v) is 6.45. The zero-order chi connectivity index (χ0) is 72.7. The molecule has 0 radical (unpaired) electrons. The first-order valence-electron chi connectivity index (χ1n) is 36.6. The van der Waals surface area contributed by atoms with Crippen molar-refractivity contribution in [3.63, 3.8) is 0 Å². The number of para-hydroxylation sites is 1. The van der Waals surface area contributed by atoms with Gasteiger partial charge in [0.05, 0.1) is 57.6 Å². The molecule has 0 N–H and O–H groups in total. The van der Waals surface area contributed by atoms with Crippen LogP contribution in [0.15, 0.2) is 205 Å². The Morgan fingerprint density at radius 3 is 1.95 bits per heavy atom. The monoisotopic (exact) mass is 769 g/mol. The van der Waals surface area contributed by atoms with Crippen LogP contribution in [0, 0.1) is 0 Å². The normalized spacial score (nSPS) is 23.2. The SMILES string of the molecule is [2H]c1c([2H])c([2H])c(-c2c([2H])c([2H])c([2H])c(N(c3c([2H])c([2H])c(-c4c([2H])c([2H])c5c(c4[2H])c4c([2H])c([2H])c([2H])c([2H])c4n5-c4c([2H])c([2H])c5c([2H])c([2H])c([2H])c([2H])c5c4[2H])c([2H])c3[2H])c3c([2H])c([2H])c4c(c3[2H])C(C([2H])([2H])[2H])(C([2H])([2H])[2H])c3c([2H])c([2H])c([2H])c([2H])c3-4)c2[2H])c([2H])c1[2H]. The van der Waals surface area contributed by atoms with Crippen molar-refractivity contribution < 1.29 is 54.8 Å². The quantitative estimate of drug-likeness (QED) is 0.164. The van der Waals surface area contributed by atoms with Crippen LogP contribution in [-0.4, -0.2) is 4.57 Å². The third-order valence-corrected chi connectivity index (χ3v) is 9.00. The van der Waals surface area contributed by atoms with Gasteiger partial charge in [-0.05, 0) is 122 Å². The maximum Gasteiger partial charge on any atom is 0.0651 e. The van der Waals surface area contributed by atoms with Crippen LogP contribution in [0.5, 0.6) is 0 Å². The van der Waals surface area contributed by atoms with Crippen LogP contribution in [0.4, 0.5) is 17.1 Å². The highest BCUT2D eigenvalue weighted by atomic mass is 15.1. The van der Waals surface area contributed by atoms with Crippen molar-refractivity contribution in [3.8, 4) is 39.1 Å². The summed E-state index contributed by atoms with van der Waals surface area (Å²) >= 11 is 0. The fourth-order valence-electron chi connectivity index (χ4n) is 6.45. The molecule has 1 heterocycles. The van der Waals surface area contributed by atoms with E-state index in [0.29, 0.717) is 4.57 Å². The minimum Gasteiger partial charge on any atom is -0.310 e. The largest absolute Gasteiger partial charge is 0.310 e. The molecule has 1 aliphatic rings. The van der Waals surface area contributed by atoms with Crippen molar-refractivity contribution in [2.75, 3.05) is 4.90 Å². The molecule has 0 aliphatic heterocycles. The van der Waals surface area contributed by atoms with E-state index >= 15 is 0 Å². The lowest BCUT2D eigenvalue weighted by Gasteiger charge is -2.28. The van der Waals surface area contributed by atoms with Crippen molar-refractivity contribution in [3.05, 3.63) is 217 Å². The van der Waals surface area contributed by atoms with Crippen LogP contribution >= 0.6 is 0 Å². The van der Waals surface area contributed by atoms with E-state index in [9.17, 15) is 21.9 Å². The van der Waals surface area contributed by atoms with Gasteiger partial charge in [0.25, 0.3) is 0 Å². The van der Waals surface area contributed by atoms with Gasteiger partial charge in [-0.25, -0.2) is 0 Å². The van der Waals surface area contributed by atoms with Crippen molar-refractivity contribution in [1.82, 2.24) is 4.57 Å². The van der Waals surface area contributed by atoms with Gasteiger partial charge < -0.3 is 9.47 Å². The molecule has 11 rings (SSSR count). The van der Waals surface area contributed by atoms with Crippen LogP contribution < -0.4 is 4.90 Å². The summed E-state index contributed by atoms with van der Waals surface area (Å²) < 4.78 is 366. The minimum atomic E-state index is -4.10. The molecular formula is C55H40N2. The molecule has 1 aromatic heterocycles. The molecule has 2 heteroatoms. The van der Waals surface area contributed by atoms with Crippen molar-refractivity contribution in [2.24, 2.45) is 0 Å². The molecule has 9 aromatic carbocycles. The average molecular weight is 769 g/mol. The summed E-state index contributed by atoms with van der Waals surface area (Å²) in [6.07, 6.45) is 0. The Bertz CT molecular complexity index is 5300. The van der Waals surface area contributed by atoms with Gasteiger partial charge >= 0.3 is 0 Å². The molecule has 0 saturated carbocycles. The second-order valence-corrected chi connectivity index (χ2v) is 12.3. The number of nitrogens with zero attached hydrogens (tertiary/aromatic N) is 2. The molecule has 57 heavy (non-hydrogen) atoms. The smallest absolute Gasteiger partial charge is 0.0651 e. The van der Waals surface area contributed by atoms with Gasteiger partial charge in [-0.15, -0.1) is 0 Å². The molecule has 0 amide bonds. The number of hydrogen-bond donors (Lipinski definition) is 0. The Labute approximate surface area is 389 Å². The summed E-state index contributed by atoms with van der Waals surface area (Å²) in [4.78, 5) is 0.0874. The van der Waals surface area contributed by atoms with E-state index in [1.165, 1.54) is 0 Å². The number of benzene rings is 9. The Hall–Kier alpha value is -7.16. The van der Waals surface area contributed by atoms with Crippen LogP contribution in [0.3, 0.4) is 0 Å². The zero-order valence-corrected chi connectivity index (χ0v) is 28.4. The summed E-state index contributed by atoms with van der Waals surface area (Å²) in [7, 11) is 0. The maximum absolute atomic E-state index is 10.1. The van der Waals surface area contributed by atoms with Gasteiger partial charge in [-0.3, -0.25) is 0 Å². The van der Waals surface area contributed by atoms with Gasteiger partial charge in [0.2, 0.25) is 0 Å². The van der Waals surface area contributed by atoms with Gasteiger partial charge in [0.15, 0.2) is 0 Å². The first-order valence-corrected chi connectivity index (χ1v) is 16.6. The first kappa shape index (κ1) is 11.9. The second-order valence-electron chi connectivity index (χ2n) is 12.3. The second kappa shape index (κ2) is 13.0. The Balaban J connectivity index is 1.34. The molecule has 0 atom stereocenters. The van der Waals surface area contributed by atoms with E-state index in [-0.39, 0.29) is 4.90 Å². The summed E-state index contributed by atoms with van der Waals surface area (Å²) in [6.45, 7) is -8.20. The van der Waals surface area contributed by atoms with Crippen molar-refractivity contribution in [1.29, 1.82) is 0 Å². The van der Waals surface area contributed by atoms with E-state index in [1.807, 2.05) is 0 Å². The lowest BCUT2D eigenvalue weighted by Crippen LogP contribution is -2.16. The number of fused-ring (bicyclic) bond motifs is 7. The standard InChI is InChI=1S/C55H40N2/c1-55(2)51-21-10-8-19-47(51)48-31-30-46(36-52(48)55)56(44-18-12-17-41(33-44)37-13-4-3-5-14-37)43-27-23-39(24-28-43)42-26-32-54-50(35-42)49-20-9-11-22-53(49)57(54)45-29-25-38-15-6-7-16-40(38)34-45/h3-36H,1-2H3/i1D3,2D3,3D,4D,5D,6D,7D,8D,9D,10D,11D,12D,13D,14D,15D,16D,17D,18D,19D,20D,21D,22D,23D,24D,25D,26D,27D,28D,29D,30D,31D,32D,33D,34D,35D,36D. The van der Waals surface area contributed by atoms with Gasteiger partial charge in [-0.1, -0.05) is 153 Å². The van der Waals surface area contributed by atoms with Crippen molar-refractivity contribution >= 4 is 49.6 Å².